The molecule has 0 saturated heterocycles. The second-order valence-electron chi connectivity index (χ2n) is 6.72. The molecule has 1 heterocycles. The Hall–Kier alpha value is -3.06. The topological polar surface area (TPSA) is 61.3 Å². The fourth-order valence-electron chi connectivity index (χ4n) is 2.92. The molecule has 1 aliphatic rings. The first-order valence-electron chi connectivity index (χ1n) is 8.90. The summed E-state index contributed by atoms with van der Waals surface area (Å²) >= 11 is 5.88. The van der Waals surface area contributed by atoms with Gasteiger partial charge in [-0.2, -0.15) is 0 Å². The van der Waals surface area contributed by atoms with Gasteiger partial charge in [0.1, 0.15) is 17.4 Å². The molecule has 0 unspecified atom stereocenters. The minimum atomic E-state index is -1.04. The molecule has 1 saturated carbocycles. The maximum absolute atomic E-state index is 13.9. The van der Waals surface area contributed by atoms with Crippen LogP contribution in [-0.2, 0) is 0 Å². The second kappa shape index (κ2) is 7.75. The number of aryl methyl sites for hydroxylation is 1. The molecule has 4 rings (SSSR count). The van der Waals surface area contributed by atoms with E-state index in [1.54, 1.807) is 0 Å². The van der Waals surface area contributed by atoms with Crippen molar-refractivity contribution in [1.82, 2.24) is 10.2 Å². The zero-order valence-electron chi connectivity index (χ0n) is 15.3. The van der Waals surface area contributed by atoms with Gasteiger partial charge in [-0.3, -0.25) is 0 Å². The zero-order valence-corrected chi connectivity index (χ0v) is 16.0. The predicted octanol–water partition coefficient (Wildman–Crippen LogP) is 5.61. The largest absolute Gasteiger partial charge is 0.434 e. The highest BCUT2D eigenvalue weighted by atomic mass is 35.5. The lowest BCUT2D eigenvalue weighted by molar-refractivity contribution is 0.0724. The summed E-state index contributed by atoms with van der Waals surface area (Å²) in [4.78, 5) is 12.4. The van der Waals surface area contributed by atoms with E-state index in [2.05, 4.69) is 10.2 Å². The Morgan fingerprint density at radius 3 is 2.66 bits per heavy atom. The third kappa shape index (κ3) is 4.19. The molecule has 1 aromatic heterocycles. The van der Waals surface area contributed by atoms with Crippen molar-refractivity contribution in [1.29, 1.82) is 0 Å². The minimum Gasteiger partial charge on any atom is -0.434 e. The smallest absolute Gasteiger partial charge is 0.346 e. The summed E-state index contributed by atoms with van der Waals surface area (Å²) in [6.45, 7) is 1.89. The molecule has 0 bridgehead atoms. The molecule has 0 aliphatic heterocycles. The van der Waals surface area contributed by atoms with Gasteiger partial charge in [0.05, 0.1) is 5.56 Å². The predicted molar refractivity (Wildman–Crippen MR) is 102 cm³/mol. The third-order valence-corrected chi connectivity index (χ3v) is 4.69. The average Bonchev–Trinajstić information content (AvgIpc) is 3.50. The highest BCUT2D eigenvalue weighted by Gasteiger charge is 2.28. The molecule has 29 heavy (non-hydrogen) atoms. The summed E-state index contributed by atoms with van der Waals surface area (Å²) in [6, 6.07) is 9.62. The number of rotatable bonds is 5. The number of nitrogens with zero attached hydrogens (tertiary/aromatic N) is 2. The van der Waals surface area contributed by atoms with Crippen LogP contribution >= 0.6 is 11.6 Å². The van der Waals surface area contributed by atoms with Gasteiger partial charge in [-0.15, -0.1) is 10.2 Å². The van der Waals surface area contributed by atoms with Crippen LogP contribution in [0.15, 0.2) is 42.5 Å². The van der Waals surface area contributed by atoms with Gasteiger partial charge in [0, 0.05) is 12.1 Å². The molecule has 148 valence electrons. The quantitative estimate of drug-likeness (QED) is 0.506. The molecule has 0 radical (unpaired) electrons. The maximum Gasteiger partial charge on any atom is 0.346 e. The van der Waals surface area contributed by atoms with Crippen LogP contribution in [0.5, 0.6) is 17.4 Å². The molecule has 0 amide bonds. The van der Waals surface area contributed by atoms with Gasteiger partial charge in [0.15, 0.2) is 10.9 Å². The van der Waals surface area contributed by atoms with Crippen molar-refractivity contribution < 1.29 is 23.0 Å². The van der Waals surface area contributed by atoms with Gasteiger partial charge in [-0.1, -0.05) is 29.8 Å². The van der Waals surface area contributed by atoms with E-state index in [-0.39, 0.29) is 16.8 Å². The number of carbonyl (C=O) groups excluding carboxylic acids is 1. The van der Waals surface area contributed by atoms with Crippen molar-refractivity contribution in [2.45, 2.75) is 25.7 Å². The van der Waals surface area contributed by atoms with Crippen molar-refractivity contribution in [3.8, 4) is 17.4 Å². The van der Waals surface area contributed by atoms with E-state index in [1.807, 2.05) is 25.1 Å². The van der Waals surface area contributed by atoms with E-state index in [1.165, 1.54) is 6.07 Å². The Balaban J connectivity index is 1.66. The molecule has 0 atom stereocenters. The summed E-state index contributed by atoms with van der Waals surface area (Å²) in [5, 5.41) is 7.59. The SMILES string of the molecule is Cc1cccc(C2CC2)c1Oc1nnc(Cl)cc1OC(=O)c1ccc(F)cc1F. The van der Waals surface area contributed by atoms with Crippen molar-refractivity contribution in [2.24, 2.45) is 0 Å². The van der Waals surface area contributed by atoms with Crippen LogP contribution in [0, 0.1) is 18.6 Å². The Morgan fingerprint density at radius 2 is 1.93 bits per heavy atom. The van der Waals surface area contributed by atoms with Crippen molar-refractivity contribution in [3.05, 3.63) is 75.9 Å². The molecule has 0 N–H and O–H groups in total. The van der Waals surface area contributed by atoms with E-state index in [9.17, 15) is 13.6 Å². The first-order chi connectivity index (χ1) is 13.9. The molecular weight excluding hydrogens is 402 g/mol. The van der Waals surface area contributed by atoms with Crippen LogP contribution in [-0.4, -0.2) is 16.2 Å². The van der Waals surface area contributed by atoms with Crippen molar-refractivity contribution in [2.75, 3.05) is 0 Å². The number of esters is 1. The number of carbonyl (C=O) groups is 1. The Bertz CT molecular complexity index is 1100. The Morgan fingerprint density at radius 1 is 1.14 bits per heavy atom. The number of benzene rings is 2. The van der Waals surface area contributed by atoms with Crippen LogP contribution in [0.2, 0.25) is 5.15 Å². The minimum absolute atomic E-state index is 0.0353. The van der Waals surface area contributed by atoms with Crippen molar-refractivity contribution in [3.63, 3.8) is 0 Å². The van der Waals surface area contributed by atoms with Crippen LogP contribution < -0.4 is 9.47 Å². The normalized spacial score (nSPS) is 13.2. The van der Waals surface area contributed by atoms with Gasteiger partial charge in [-0.05, 0) is 48.9 Å². The van der Waals surface area contributed by atoms with E-state index >= 15 is 0 Å². The summed E-state index contributed by atoms with van der Waals surface area (Å²) in [7, 11) is 0. The lowest BCUT2D eigenvalue weighted by Gasteiger charge is -2.15. The molecule has 1 aliphatic carbocycles. The zero-order chi connectivity index (χ0) is 20.5. The highest BCUT2D eigenvalue weighted by Crippen LogP contribution is 2.46. The molecule has 5 nitrogen and oxygen atoms in total. The lowest BCUT2D eigenvalue weighted by Crippen LogP contribution is -2.12. The Kier molecular flexibility index (Phi) is 5.15. The van der Waals surface area contributed by atoms with Gasteiger partial charge in [0.25, 0.3) is 5.88 Å². The monoisotopic (exact) mass is 416 g/mol. The van der Waals surface area contributed by atoms with Crippen LogP contribution in [0.1, 0.15) is 40.2 Å². The van der Waals surface area contributed by atoms with Gasteiger partial charge < -0.3 is 9.47 Å². The standard InChI is InChI=1S/C21H15ClF2N2O3/c1-11-3-2-4-14(12-5-6-12)19(11)29-20-17(10-18(22)25-26-20)28-21(27)15-8-7-13(23)9-16(15)24/h2-4,7-10,12H,5-6H2,1H3. The first kappa shape index (κ1) is 19.3. The Labute approximate surface area is 170 Å². The fraction of sp³-hybridized carbons (Fsp3) is 0.190. The first-order valence-corrected chi connectivity index (χ1v) is 9.28. The van der Waals surface area contributed by atoms with E-state index in [0.29, 0.717) is 17.7 Å². The maximum atomic E-state index is 13.9. The number of para-hydroxylation sites is 1. The van der Waals surface area contributed by atoms with Crippen LogP contribution in [0.25, 0.3) is 0 Å². The summed E-state index contributed by atoms with van der Waals surface area (Å²) in [6.07, 6.45) is 2.13. The summed E-state index contributed by atoms with van der Waals surface area (Å²) < 4.78 is 38.2. The highest BCUT2D eigenvalue weighted by molar-refractivity contribution is 6.29. The lowest BCUT2D eigenvalue weighted by atomic mass is 10.1. The van der Waals surface area contributed by atoms with Gasteiger partial charge >= 0.3 is 5.97 Å². The number of hydrogen-bond donors (Lipinski definition) is 0. The summed E-state index contributed by atoms with van der Waals surface area (Å²) in [5.74, 6) is -2.07. The average molecular weight is 417 g/mol. The van der Waals surface area contributed by atoms with E-state index < -0.39 is 23.2 Å². The molecule has 3 aromatic rings. The summed E-state index contributed by atoms with van der Waals surface area (Å²) in [5.41, 5.74) is 1.48. The van der Waals surface area contributed by atoms with Crippen LogP contribution in [0.3, 0.4) is 0 Å². The molecule has 8 heteroatoms. The molecule has 1 fully saturated rings. The van der Waals surface area contributed by atoms with E-state index in [4.69, 9.17) is 21.1 Å². The molecular formula is C21H15ClF2N2O3. The molecule has 2 aromatic carbocycles. The van der Waals surface area contributed by atoms with Gasteiger partial charge in [0.2, 0.25) is 0 Å². The number of aromatic nitrogens is 2. The van der Waals surface area contributed by atoms with Crippen LogP contribution in [0.4, 0.5) is 8.78 Å². The second-order valence-corrected chi connectivity index (χ2v) is 7.11. The fourth-order valence-corrected chi connectivity index (χ4v) is 3.06. The molecule has 0 spiro atoms. The van der Waals surface area contributed by atoms with Crippen molar-refractivity contribution >= 4 is 17.6 Å². The third-order valence-electron chi connectivity index (χ3n) is 4.51. The number of hydrogen-bond acceptors (Lipinski definition) is 5. The van der Waals surface area contributed by atoms with E-state index in [0.717, 1.165) is 36.1 Å². The van der Waals surface area contributed by atoms with Gasteiger partial charge in [-0.25, -0.2) is 13.6 Å². The number of ether oxygens (including phenoxy) is 2. The number of halogens is 3.